The number of hydrogen-bond donors (Lipinski definition) is 3. The number of nitrogen functional groups attached to an aromatic ring is 1. The molecule has 3 heterocycles. The SMILES string of the molecule is NNc1nc(N2CCCC2)nc(N2CCCC(CO)C2)n1. The second-order valence-corrected chi connectivity index (χ2v) is 5.73. The molecule has 1 aromatic rings. The molecule has 1 atom stereocenters. The first-order chi connectivity index (χ1) is 10.3. The van der Waals surface area contributed by atoms with Gasteiger partial charge in [-0.05, 0) is 31.6 Å². The van der Waals surface area contributed by atoms with Crippen LogP contribution in [0.4, 0.5) is 17.8 Å². The van der Waals surface area contributed by atoms with Gasteiger partial charge < -0.3 is 14.9 Å². The van der Waals surface area contributed by atoms with Crippen LogP contribution in [-0.4, -0.2) is 52.8 Å². The van der Waals surface area contributed by atoms with Gasteiger partial charge in [-0.25, -0.2) is 5.84 Å². The molecule has 3 rings (SSSR count). The second kappa shape index (κ2) is 6.40. The lowest BCUT2D eigenvalue weighted by atomic mass is 9.99. The third kappa shape index (κ3) is 3.16. The van der Waals surface area contributed by atoms with Crippen molar-refractivity contribution in [2.45, 2.75) is 25.7 Å². The Morgan fingerprint density at radius 1 is 1.05 bits per heavy atom. The maximum Gasteiger partial charge on any atom is 0.243 e. The number of hydrogen-bond acceptors (Lipinski definition) is 8. The Labute approximate surface area is 124 Å². The highest BCUT2D eigenvalue weighted by atomic mass is 16.3. The first-order valence-corrected chi connectivity index (χ1v) is 7.63. The van der Waals surface area contributed by atoms with E-state index in [1.807, 2.05) is 0 Å². The van der Waals surface area contributed by atoms with Gasteiger partial charge in [-0.3, -0.25) is 5.43 Å². The molecule has 0 radical (unpaired) electrons. The van der Waals surface area contributed by atoms with E-state index in [9.17, 15) is 5.11 Å². The van der Waals surface area contributed by atoms with Crippen LogP contribution >= 0.6 is 0 Å². The molecule has 4 N–H and O–H groups in total. The number of aliphatic hydroxyl groups is 1. The van der Waals surface area contributed by atoms with E-state index in [0.29, 0.717) is 23.8 Å². The molecule has 116 valence electrons. The molecule has 2 saturated heterocycles. The molecule has 8 nitrogen and oxygen atoms in total. The zero-order chi connectivity index (χ0) is 14.7. The Morgan fingerprint density at radius 2 is 1.71 bits per heavy atom. The summed E-state index contributed by atoms with van der Waals surface area (Å²) < 4.78 is 0. The van der Waals surface area contributed by atoms with E-state index >= 15 is 0 Å². The average molecular weight is 293 g/mol. The Morgan fingerprint density at radius 3 is 2.38 bits per heavy atom. The third-order valence-electron chi connectivity index (χ3n) is 4.19. The van der Waals surface area contributed by atoms with Crippen LogP contribution in [0, 0.1) is 5.92 Å². The largest absolute Gasteiger partial charge is 0.396 e. The van der Waals surface area contributed by atoms with Crippen molar-refractivity contribution < 1.29 is 5.11 Å². The molecule has 2 aliphatic rings. The molecular weight excluding hydrogens is 270 g/mol. The molecule has 1 unspecified atom stereocenters. The summed E-state index contributed by atoms with van der Waals surface area (Å²) in [7, 11) is 0. The minimum Gasteiger partial charge on any atom is -0.396 e. The number of nitrogens with two attached hydrogens (primary N) is 1. The van der Waals surface area contributed by atoms with Gasteiger partial charge >= 0.3 is 0 Å². The molecule has 21 heavy (non-hydrogen) atoms. The molecule has 0 bridgehead atoms. The van der Waals surface area contributed by atoms with E-state index in [1.165, 1.54) is 12.8 Å². The van der Waals surface area contributed by atoms with Crippen LogP contribution in [0.3, 0.4) is 0 Å². The molecule has 0 saturated carbocycles. The van der Waals surface area contributed by atoms with Crippen LogP contribution in [0.1, 0.15) is 25.7 Å². The van der Waals surface area contributed by atoms with Crippen LogP contribution in [0.25, 0.3) is 0 Å². The lowest BCUT2D eigenvalue weighted by Gasteiger charge is -2.32. The topological polar surface area (TPSA) is 103 Å². The minimum atomic E-state index is 0.211. The zero-order valence-corrected chi connectivity index (χ0v) is 12.2. The van der Waals surface area contributed by atoms with E-state index in [-0.39, 0.29) is 6.61 Å². The quantitative estimate of drug-likeness (QED) is 0.525. The fourth-order valence-electron chi connectivity index (χ4n) is 3.01. The van der Waals surface area contributed by atoms with Crippen LogP contribution in [0.5, 0.6) is 0 Å². The highest BCUT2D eigenvalue weighted by Crippen LogP contribution is 2.24. The molecule has 0 aromatic carbocycles. The molecule has 8 heteroatoms. The minimum absolute atomic E-state index is 0.211. The number of anilines is 3. The molecule has 0 spiro atoms. The number of nitrogens with zero attached hydrogens (tertiary/aromatic N) is 5. The van der Waals surface area contributed by atoms with Crippen molar-refractivity contribution >= 4 is 17.8 Å². The lowest BCUT2D eigenvalue weighted by Crippen LogP contribution is -2.38. The summed E-state index contributed by atoms with van der Waals surface area (Å²) in [4.78, 5) is 17.6. The predicted octanol–water partition coefficient (Wildman–Crippen LogP) is -0.0339. The van der Waals surface area contributed by atoms with Crippen molar-refractivity contribution in [2.75, 3.05) is 48.0 Å². The Hall–Kier alpha value is -1.67. The summed E-state index contributed by atoms with van der Waals surface area (Å²) in [6.45, 7) is 3.86. The predicted molar refractivity (Wildman–Crippen MR) is 81.1 cm³/mol. The Balaban J connectivity index is 1.84. The van der Waals surface area contributed by atoms with Crippen molar-refractivity contribution in [3.63, 3.8) is 0 Å². The van der Waals surface area contributed by atoms with E-state index in [4.69, 9.17) is 5.84 Å². The number of hydrazine groups is 1. The number of aliphatic hydroxyl groups excluding tert-OH is 1. The summed E-state index contributed by atoms with van der Waals surface area (Å²) in [5.74, 6) is 7.52. The molecule has 1 aromatic heterocycles. The van der Waals surface area contributed by atoms with Gasteiger partial charge in [-0.1, -0.05) is 0 Å². The normalized spacial score (nSPS) is 22.7. The molecule has 0 amide bonds. The Kier molecular flexibility index (Phi) is 4.35. The smallest absolute Gasteiger partial charge is 0.243 e. The summed E-state index contributed by atoms with van der Waals surface area (Å²) in [6.07, 6.45) is 4.44. The fraction of sp³-hybridized carbons (Fsp3) is 0.769. The van der Waals surface area contributed by atoms with Crippen LogP contribution in [0.2, 0.25) is 0 Å². The standard InChI is InChI=1S/C13H23N7O/c14-18-11-15-12(19-5-1-2-6-19)17-13(16-11)20-7-3-4-10(8-20)9-21/h10,21H,1-9,14H2,(H,15,16,17,18). The fourth-order valence-corrected chi connectivity index (χ4v) is 3.01. The average Bonchev–Trinajstić information content (AvgIpc) is 3.09. The lowest BCUT2D eigenvalue weighted by molar-refractivity contribution is 0.208. The number of rotatable bonds is 4. The maximum absolute atomic E-state index is 9.36. The van der Waals surface area contributed by atoms with E-state index in [1.54, 1.807) is 0 Å². The third-order valence-corrected chi connectivity index (χ3v) is 4.19. The van der Waals surface area contributed by atoms with Gasteiger partial charge in [-0.2, -0.15) is 15.0 Å². The van der Waals surface area contributed by atoms with Crippen LogP contribution in [-0.2, 0) is 0 Å². The second-order valence-electron chi connectivity index (χ2n) is 5.73. The van der Waals surface area contributed by atoms with Crippen molar-refractivity contribution in [3.05, 3.63) is 0 Å². The van der Waals surface area contributed by atoms with E-state index in [2.05, 4.69) is 30.2 Å². The molecule has 2 fully saturated rings. The molecule has 2 aliphatic heterocycles. The van der Waals surface area contributed by atoms with Gasteiger partial charge in [0.05, 0.1) is 0 Å². The first kappa shape index (κ1) is 14.3. The van der Waals surface area contributed by atoms with Crippen molar-refractivity contribution in [1.29, 1.82) is 0 Å². The van der Waals surface area contributed by atoms with Gasteiger partial charge in [0.25, 0.3) is 0 Å². The van der Waals surface area contributed by atoms with Gasteiger partial charge in [0, 0.05) is 32.8 Å². The van der Waals surface area contributed by atoms with Crippen molar-refractivity contribution in [3.8, 4) is 0 Å². The van der Waals surface area contributed by atoms with Crippen molar-refractivity contribution in [2.24, 2.45) is 11.8 Å². The summed E-state index contributed by atoms with van der Waals surface area (Å²) in [6, 6.07) is 0. The zero-order valence-electron chi connectivity index (χ0n) is 12.2. The van der Waals surface area contributed by atoms with E-state index in [0.717, 1.165) is 39.0 Å². The number of piperidine rings is 1. The Bertz CT molecular complexity index is 478. The van der Waals surface area contributed by atoms with Gasteiger partial charge in [0.1, 0.15) is 0 Å². The number of aromatic nitrogens is 3. The monoisotopic (exact) mass is 293 g/mol. The van der Waals surface area contributed by atoms with Gasteiger partial charge in [0.2, 0.25) is 17.8 Å². The van der Waals surface area contributed by atoms with Gasteiger partial charge in [0.15, 0.2) is 0 Å². The summed E-state index contributed by atoms with van der Waals surface area (Å²) in [5, 5.41) is 9.36. The van der Waals surface area contributed by atoms with Gasteiger partial charge in [-0.15, -0.1) is 0 Å². The van der Waals surface area contributed by atoms with Crippen LogP contribution in [0.15, 0.2) is 0 Å². The van der Waals surface area contributed by atoms with Crippen molar-refractivity contribution in [1.82, 2.24) is 15.0 Å². The van der Waals surface area contributed by atoms with Crippen LogP contribution < -0.4 is 21.1 Å². The molecule has 0 aliphatic carbocycles. The highest BCUT2D eigenvalue weighted by Gasteiger charge is 2.24. The summed E-state index contributed by atoms with van der Waals surface area (Å²) >= 11 is 0. The van der Waals surface area contributed by atoms with E-state index < -0.39 is 0 Å². The first-order valence-electron chi connectivity index (χ1n) is 7.63. The number of nitrogens with one attached hydrogen (secondary N) is 1. The molecular formula is C13H23N7O. The highest BCUT2D eigenvalue weighted by molar-refractivity contribution is 5.45. The summed E-state index contributed by atoms with van der Waals surface area (Å²) in [5.41, 5.74) is 2.53. The maximum atomic E-state index is 9.36.